The summed E-state index contributed by atoms with van der Waals surface area (Å²) in [6.45, 7) is 2.59. The average molecular weight is 373 g/mol. The fraction of sp³-hybridized carbons (Fsp3) is 0.286. The van der Waals surface area contributed by atoms with Crippen molar-refractivity contribution < 1.29 is 18.0 Å². The molecule has 0 saturated carbocycles. The van der Waals surface area contributed by atoms with Gasteiger partial charge in [0.1, 0.15) is 12.4 Å². The molecule has 1 amide bonds. The second kappa shape index (κ2) is 6.03. The fourth-order valence-electron chi connectivity index (χ4n) is 2.16. The van der Waals surface area contributed by atoms with Crippen LogP contribution in [0.2, 0.25) is 5.15 Å². The Balaban J connectivity index is 2.02. The van der Waals surface area contributed by atoms with E-state index in [2.05, 4.69) is 15.1 Å². The first-order chi connectivity index (χ1) is 11.7. The van der Waals surface area contributed by atoms with E-state index in [4.69, 9.17) is 11.6 Å². The van der Waals surface area contributed by atoms with Gasteiger partial charge in [-0.05, 0) is 19.9 Å². The van der Waals surface area contributed by atoms with E-state index in [1.807, 2.05) is 5.32 Å². The van der Waals surface area contributed by atoms with Crippen LogP contribution in [0.5, 0.6) is 0 Å². The Morgan fingerprint density at radius 3 is 2.72 bits per heavy atom. The second-order valence-electron chi connectivity index (χ2n) is 5.36. The molecule has 25 heavy (non-hydrogen) atoms. The van der Waals surface area contributed by atoms with Crippen molar-refractivity contribution in [2.75, 3.05) is 0 Å². The molecule has 0 saturated heterocycles. The molecule has 0 aliphatic heterocycles. The number of amides is 1. The van der Waals surface area contributed by atoms with Crippen molar-refractivity contribution >= 4 is 23.2 Å². The zero-order valence-corrected chi connectivity index (χ0v) is 13.8. The van der Waals surface area contributed by atoms with Gasteiger partial charge in [0, 0.05) is 18.0 Å². The summed E-state index contributed by atoms with van der Waals surface area (Å²) in [6, 6.07) is 1.22. The molecule has 132 valence electrons. The minimum absolute atomic E-state index is 0.119. The van der Waals surface area contributed by atoms with Crippen LogP contribution in [0.4, 0.5) is 13.2 Å². The molecule has 0 radical (unpaired) electrons. The molecule has 0 aliphatic carbocycles. The number of imidazole rings is 1. The summed E-state index contributed by atoms with van der Waals surface area (Å²) in [5.74, 6) is -0.606. The minimum Gasteiger partial charge on any atom is -0.339 e. The van der Waals surface area contributed by atoms with Gasteiger partial charge in [0.25, 0.3) is 5.91 Å². The number of aryl methyl sites for hydroxylation is 1. The molecule has 7 nitrogen and oxygen atoms in total. The number of rotatable bonds is 3. The van der Waals surface area contributed by atoms with Crippen molar-refractivity contribution in [2.45, 2.75) is 26.1 Å². The van der Waals surface area contributed by atoms with Crippen LogP contribution < -0.4 is 5.32 Å². The summed E-state index contributed by atoms with van der Waals surface area (Å²) >= 11 is 5.78. The van der Waals surface area contributed by atoms with Gasteiger partial charge in [0.2, 0.25) is 0 Å². The second-order valence-corrected chi connectivity index (χ2v) is 5.75. The van der Waals surface area contributed by atoms with Crippen LogP contribution in [0.15, 0.2) is 24.7 Å². The third-order valence-electron chi connectivity index (χ3n) is 3.53. The standard InChI is InChI=1S/C14H12ClF3N6O/c1-7-5-10(24-4-3-9(15)22-24)21-12-11(19-6-23(7)12)13(25)20-8(2)14(16,17)18/h3-6,8H,1-2H3,(H,20,25). The van der Waals surface area contributed by atoms with E-state index in [-0.39, 0.29) is 16.5 Å². The van der Waals surface area contributed by atoms with E-state index in [0.29, 0.717) is 11.5 Å². The molecule has 0 aliphatic rings. The molecule has 0 bridgehead atoms. The normalized spacial score (nSPS) is 13.2. The third-order valence-corrected chi connectivity index (χ3v) is 3.73. The molecular formula is C14H12ClF3N6O. The van der Waals surface area contributed by atoms with Crippen LogP contribution in [0.25, 0.3) is 11.5 Å². The number of nitrogens with one attached hydrogen (secondary N) is 1. The first-order valence-corrected chi connectivity index (χ1v) is 7.48. The highest BCUT2D eigenvalue weighted by Crippen LogP contribution is 2.21. The van der Waals surface area contributed by atoms with Crippen molar-refractivity contribution in [1.29, 1.82) is 0 Å². The zero-order valence-electron chi connectivity index (χ0n) is 13.0. The van der Waals surface area contributed by atoms with E-state index in [0.717, 1.165) is 6.92 Å². The summed E-state index contributed by atoms with van der Waals surface area (Å²) < 4.78 is 40.8. The maximum atomic E-state index is 12.6. The summed E-state index contributed by atoms with van der Waals surface area (Å²) in [5.41, 5.74) is 0.579. The van der Waals surface area contributed by atoms with Gasteiger partial charge in [0.15, 0.2) is 22.3 Å². The van der Waals surface area contributed by atoms with Crippen molar-refractivity contribution in [3.8, 4) is 5.82 Å². The highest BCUT2D eigenvalue weighted by Gasteiger charge is 2.37. The molecule has 3 aromatic heterocycles. The van der Waals surface area contributed by atoms with Gasteiger partial charge in [0.05, 0.1) is 0 Å². The number of hydrogen-bond donors (Lipinski definition) is 1. The van der Waals surface area contributed by atoms with Gasteiger partial charge in [-0.3, -0.25) is 9.20 Å². The van der Waals surface area contributed by atoms with Crippen LogP contribution in [-0.2, 0) is 0 Å². The lowest BCUT2D eigenvalue weighted by molar-refractivity contribution is -0.149. The molecule has 3 aromatic rings. The SMILES string of the molecule is Cc1cc(-n2ccc(Cl)n2)nc2c(C(=O)NC(C)C(F)(F)F)ncn12. The van der Waals surface area contributed by atoms with Gasteiger partial charge >= 0.3 is 6.18 Å². The van der Waals surface area contributed by atoms with Gasteiger partial charge in [-0.15, -0.1) is 0 Å². The Hall–Kier alpha value is -2.62. The molecule has 3 rings (SSSR count). The van der Waals surface area contributed by atoms with Crippen LogP contribution in [0.3, 0.4) is 0 Å². The first kappa shape index (κ1) is 17.2. The molecule has 11 heteroatoms. The van der Waals surface area contributed by atoms with Crippen molar-refractivity contribution in [3.05, 3.63) is 41.2 Å². The van der Waals surface area contributed by atoms with Crippen molar-refractivity contribution in [3.63, 3.8) is 0 Å². The van der Waals surface area contributed by atoms with E-state index in [9.17, 15) is 18.0 Å². The Kier molecular flexibility index (Phi) is 4.15. The predicted octanol–water partition coefficient (Wildman–Crippen LogP) is 2.56. The van der Waals surface area contributed by atoms with Gasteiger partial charge in [-0.2, -0.15) is 18.3 Å². The maximum absolute atomic E-state index is 12.6. The van der Waals surface area contributed by atoms with Gasteiger partial charge in [-0.1, -0.05) is 11.6 Å². The molecular weight excluding hydrogens is 361 g/mol. The largest absolute Gasteiger partial charge is 0.408 e. The molecule has 1 N–H and O–H groups in total. The van der Waals surface area contributed by atoms with Crippen molar-refractivity contribution in [1.82, 2.24) is 29.5 Å². The summed E-state index contributed by atoms with van der Waals surface area (Å²) in [6.07, 6.45) is -1.65. The van der Waals surface area contributed by atoms with E-state index >= 15 is 0 Å². The van der Waals surface area contributed by atoms with Crippen molar-refractivity contribution in [2.24, 2.45) is 0 Å². The number of hydrogen-bond acceptors (Lipinski definition) is 4. The van der Waals surface area contributed by atoms with E-state index in [1.165, 1.54) is 15.4 Å². The van der Waals surface area contributed by atoms with Crippen LogP contribution >= 0.6 is 11.6 Å². The molecule has 0 fully saturated rings. The average Bonchev–Trinajstić information content (AvgIpc) is 3.12. The molecule has 3 heterocycles. The number of carbonyl (C=O) groups excluding carboxylic acids is 1. The molecule has 0 spiro atoms. The quantitative estimate of drug-likeness (QED) is 0.766. The topological polar surface area (TPSA) is 77.1 Å². The van der Waals surface area contributed by atoms with Crippen LogP contribution in [-0.4, -0.2) is 42.3 Å². The first-order valence-electron chi connectivity index (χ1n) is 7.10. The zero-order chi connectivity index (χ0) is 18.4. The highest BCUT2D eigenvalue weighted by molar-refractivity contribution is 6.29. The predicted molar refractivity (Wildman–Crippen MR) is 82.8 cm³/mol. The molecule has 1 unspecified atom stereocenters. The summed E-state index contributed by atoms with van der Waals surface area (Å²) in [4.78, 5) is 20.3. The number of halogens is 4. The van der Waals surface area contributed by atoms with E-state index < -0.39 is 18.1 Å². The lowest BCUT2D eigenvalue weighted by atomic mass is 10.3. The van der Waals surface area contributed by atoms with Gasteiger partial charge in [-0.25, -0.2) is 14.6 Å². The summed E-state index contributed by atoms with van der Waals surface area (Å²) in [5, 5.41) is 6.14. The number of carbonyl (C=O) groups is 1. The number of fused-ring (bicyclic) bond motifs is 1. The highest BCUT2D eigenvalue weighted by atomic mass is 35.5. The van der Waals surface area contributed by atoms with E-state index in [1.54, 1.807) is 25.3 Å². The lowest BCUT2D eigenvalue weighted by Crippen LogP contribution is -2.43. The summed E-state index contributed by atoms with van der Waals surface area (Å²) in [7, 11) is 0. The van der Waals surface area contributed by atoms with Crippen LogP contribution in [0.1, 0.15) is 23.1 Å². The Morgan fingerprint density at radius 1 is 1.40 bits per heavy atom. The number of nitrogens with zero attached hydrogens (tertiary/aromatic N) is 5. The maximum Gasteiger partial charge on any atom is 0.408 e. The monoisotopic (exact) mass is 372 g/mol. The minimum atomic E-state index is -4.55. The molecule has 0 aromatic carbocycles. The van der Waals surface area contributed by atoms with Crippen LogP contribution in [0, 0.1) is 6.92 Å². The third kappa shape index (κ3) is 3.29. The Bertz CT molecular complexity index is 948. The Morgan fingerprint density at radius 2 is 2.12 bits per heavy atom. The van der Waals surface area contributed by atoms with Gasteiger partial charge < -0.3 is 5.32 Å². The lowest BCUT2D eigenvalue weighted by Gasteiger charge is -2.16. The molecule has 1 atom stereocenters. The number of aromatic nitrogens is 5. The fourth-order valence-corrected chi connectivity index (χ4v) is 2.30. The number of alkyl halides is 3. The smallest absolute Gasteiger partial charge is 0.339 e. The Labute approximate surface area is 144 Å².